The van der Waals surface area contributed by atoms with Crippen LogP contribution in [0, 0.1) is 6.92 Å². The maximum absolute atomic E-state index is 12.8. The van der Waals surface area contributed by atoms with Gasteiger partial charge in [-0.15, -0.1) is 0 Å². The second-order valence-corrected chi connectivity index (χ2v) is 7.39. The van der Waals surface area contributed by atoms with Gasteiger partial charge in [-0.25, -0.2) is 4.79 Å². The summed E-state index contributed by atoms with van der Waals surface area (Å²) in [5.41, 5.74) is 5.85. The first kappa shape index (κ1) is 19.4. The molecule has 0 aliphatic carbocycles. The predicted molar refractivity (Wildman–Crippen MR) is 113 cm³/mol. The van der Waals surface area contributed by atoms with Gasteiger partial charge in [-0.3, -0.25) is 9.88 Å². The van der Waals surface area contributed by atoms with Gasteiger partial charge in [0.25, 0.3) is 0 Å². The molecular weight excluding hydrogens is 364 g/mol. The van der Waals surface area contributed by atoms with Gasteiger partial charge in [-0.05, 0) is 55.2 Å². The lowest BCUT2D eigenvalue weighted by atomic mass is 9.98. The maximum Gasteiger partial charge on any atom is 0.340 e. The van der Waals surface area contributed by atoms with Crippen molar-refractivity contribution in [3.63, 3.8) is 0 Å². The molecule has 0 atom stereocenters. The van der Waals surface area contributed by atoms with Crippen LogP contribution in [0.25, 0.3) is 10.9 Å². The van der Waals surface area contributed by atoms with Crippen molar-refractivity contribution in [1.29, 1.82) is 0 Å². The number of methoxy groups -OCH3 is 1. The van der Waals surface area contributed by atoms with Crippen molar-refractivity contribution in [2.24, 2.45) is 0 Å². The zero-order valence-corrected chi connectivity index (χ0v) is 17.2. The summed E-state index contributed by atoms with van der Waals surface area (Å²) in [6.07, 6.45) is 0.973. The Hall–Kier alpha value is -2.92. The van der Waals surface area contributed by atoms with Crippen LogP contribution in [-0.4, -0.2) is 36.1 Å². The molecule has 1 aliphatic rings. The maximum atomic E-state index is 12.8. The van der Waals surface area contributed by atoms with Crippen molar-refractivity contribution >= 4 is 16.9 Å². The second kappa shape index (κ2) is 8.21. The lowest BCUT2D eigenvalue weighted by molar-refractivity contribution is 0.0522. The normalized spacial score (nSPS) is 13.9. The Balaban J connectivity index is 1.70. The molecule has 150 valence electrons. The average Bonchev–Trinajstić information content (AvgIpc) is 2.73. The highest BCUT2D eigenvalue weighted by atomic mass is 16.5. The average molecular weight is 390 g/mol. The highest BCUT2D eigenvalue weighted by molar-refractivity contribution is 5.98. The largest absolute Gasteiger partial charge is 0.497 e. The molecule has 2 heterocycles. The summed E-state index contributed by atoms with van der Waals surface area (Å²) in [4.78, 5) is 19.9. The van der Waals surface area contributed by atoms with Gasteiger partial charge in [-0.1, -0.05) is 24.3 Å². The van der Waals surface area contributed by atoms with E-state index in [2.05, 4.69) is 17.0 Å². The highest BCUT2D eigenvalue weighted by Crippen LogP contribution is 2.28. The van der Waals surface area contributed by atoms with Crippen LogP contribution in [0.5, 0.6) is 5.75 Å². The summed E-state index contributed by atoms with van der Waals surface area (Å²) in [6.45, 7) is 6.50. The molecule has 0 saturated heterocycles. The van der Waals surface area contributed by atoms with Crippen LogP contribution in [0.4, 0.5) is 0 Å². The van der Waals surface area contributed by atoms with Crippen LogP contribution in [-0.2, 0) is 24.2 Å². The van der Waals surface area contributed by atoms with E-state index in [-0.39, 0.29) is 5.97 Å². The van der Waals surface area contributed by atoms with Crippen molar-refractivity contribution in [1.82, 2.24) is 9.88 Å². The predicted octanol–water partition coefficient (Wildman–Crippen LogP) is 4.29. The number of nitrogens with zero attached hydrogens (tertiary/aromatic N) is 2. The smallest absolute Gasteiger partial charge is 0.340 e. The molecule has 1 aliphatic heterocycles. The Morgan fingerprint density at radius 2 is 2.00 bits per heavy atom. The highest BCUT2D eigenvalue weighted by Gasteiger charge is 2.23. The summed E-state index contributed by atoms with van der Waals surface area (Å²) < 4.78 is 10.7. The molecule has 1 aromatic heterocycles. The van der Waals surface area contributed by atoms with E-state index in [1.165, 1.54) is 11.1 Å². The van der Waals surface area contributed by atoms with E-state index in [1.807, 2.05) is 44.2 Å². The number of aryl methyl sites for hydroxylation is 1. The first-order valence-corrected chi connectivity index (χ1v) is 10.0. The standard InChI is InChI=1S/C24H26N2O3/c1-4-29-24(27)23-16(2)20-7-5-6-8-21(20)25-22(23)15-26-12-11-17-9-10-19(28-3)13-18(17)14-26/h5-10,13H,4,11-12,14-15H2,1-3H3. The molecule has 0 spiro atoms. The molecule has 5 heteroatoms. The number of carbonyl (C=O) groups is 1. The topological polar surface area (TPSA) is 51.7 Å². The molecule has 0 radical (unpaired) electrons. The van der Waals surface area contributed by atoms with Crippen LogP contribution in [0.1, 0.15) is 39.7 Å². The molecule has 0 bridgehead atoms. The fourth-order valence-corrected chi connectivity index (χ4v) is 4.09. The lowest BCUT2D eigenvalue weighted by Gasteiger charge is -2.29. The van der Waals surface area contributed by atoms with Gasteiger partial charge in [0, 0.05) is 25.0 Å². The Morgan fingerprint density at radius 1 is 1.17 bits per heavy atom. The van der Waals surface area contributed by atoms with E-state index in [4.69, 9.17) is 14.5 Å². The number of ether oxygens (including phenoxy) is 2. The molecule has 2 aromatic carbocycles. The second-order valence-electron chi connectivity index (χ2n) is 7.39. The Morgan fingerprint density at radius 3 is 2.79 bits per heavy atom. The lowest BCUT2D eigenvalue weighted by Crippen LogP contribution is -2.31. The van der Waals surface area contributed by atoms with Crippen LogP contribution >= 0.6 is 0 Å². The number of rotatable bonds is 5. The van der Waals surface area contributed by atoms with Crippen LogP contribution in [0.2, 0.25) is 0 Å². The number of carbonyl (C=O) groups excluding carboxylic acids is 1. The minimum absolute atomic E-state index is 0.294. The van der Waals surface area contributed by atoms with E-state index < -0.39 is 0 Å². The van der Waals surface area contributed by atoms with Crippen molar-refractivity contribution in [3.8, 4) is 5.75 Å². The Bertz CT molecular complexity index is 1060. The zero-order chi connectivity index (χ0) is 20.4. The quantitative estimate of drug-likeness (QED) is 0.609. The van der Waals surface area contributed by atoms with E-state index in [0.717, 1.165) is 47.4 Å². The minimum Gasteiger partial charge on any atom is -0.497 e. The fourth-order valence-electron chi connectivity index (χ4n) is 4.09. The minimum atomic E-state index is -0.294. The van der Waals surface area contributed by atoms with E-state index in [1.54, 1.807) is 7.11 Å². The van der Waals surface area contributed by atoms with E-state index in [9.17, 15) is 4.79 Å². The number of aromatic nitrogens is 1. The first-order chi connectivity index (χ1) is 14.1. The zero-order valence-electron chi connectivity index (χ0n) is 17.2. The van der Waals surface area contributed by atoms with Gasteiger partial charge in [0.2, 0.25) is 0 Å². The Kier molecular flexibility index (Phi) is 5.49. The van der Waals surface area contributed by atoms with Gasteiger partial charge < -0.3 is 9.47 Å². The number of pyridine rings is 1. The molecule has 0 amide bonds. The van der Waals surface area contributed by atoms with E-state index >= 15 is 0 Å². The SMILES string of the molecule is CCOC(=O)c1c(CN2CCc3ccc(OC)cc3C2)nc2ccccc2c1C. The van der Waals surface area contributed by atoms with Gasteiger partial charge in [-0.2, -0.15) is 0 Å². The van der Waals surface area contributed by atoms with Crippen molar-refractivity contribution < 1.29 is 14.3 Å². The van der Waals surface area contributed by atoms with Crippen molar-refractivity contribution in [3.05, 3.63) is 70.4 Å². The van der Waals surface area contributed by atoms with Crippen LogP contribution in [0.3, 0.4) is 0 Å². The van der Waals surface area contributed by atoms with Crippen molar-refractivity contribution in [2.45, 2.75) is 33.4 Å². The third-order valence-electron chi connectivity index (χ3n) is 5.58. The van der Waals surface area contributed by atoms with Crippen LogP contribution in [0.15, 0.2) is 42.5 Å². The summed E-state index contributed by atoms with van der Waals surface area (Å²) >= 11 is 0. The molecule has 0 saturated carbocycles. The third kappa shape index (κ3) is 3.83. The van der Waals surface area contributed by atoms with Gasteiger partial charge in [0.05, 0.1) is 30.5 Å². The van der Waals surface area contributed by atoms with Gasteiger partial charge in [0.15, 0.2) is 0 Å². The third-order valence-corrected chi connectivity index (χ3v) is 5.58. The molecule has 5 nitrogen and oxygen atoms in total. The van der Waals surface area contributed by atoms with E-state index in [0.29, 0.717) is 18.7 Å². The summed E-state index contributed by atoms with van der Waals surface area (Å²) in [7, 11) is 1.69. The monoisotopic (exact) mass is 390 g/mol. The molecule has 3 aromatic rings. The number of benzene rings is 2. The number of fused-ring (bicyclic) bond motifs is 2. The first-order valence-electron chi connectivity index (χ1n) is 10.0. The van der Waals surface area contributed by atoms with Crippen molar-refractivity contribution in [2.75, 3.05) is 20.3 Å². The number of esters is 1. The number of hydrogen-bond acceptors (Lipinski definition) is 5. The fraction of sp³-hybridized carbons (Fsp3) is 0.333. The summed E-state index contributed by atoms with van der Waals surface area (Å²) in [6, 6.07) is 14.2. The molecule has 0 unspecified atom stereocenters. The summed E-state index contributed by atoms with van der Waals surface area (Å²) in [5.74, 6) is 0.579. The molecule has 4 rings (SSSR count). The number of hydrogen-bond donors (Lipinski definition) is 0. The molecule has 0 fully saturated rings. The number of para-hydroxylation sites is 1. The van der Waals surface area contributed by atoms with Gasteiger partial charge >= 0.3 is 5.97 Å². The van der Waals surface area contributed by atoms with Gasteiger partial charge in [0.1, 0.15) is 5.75 Å². The molecule has 0 N–H and O–H groups in total. The molecule has 29 heavy (non-hydrogen) atoms. The Labute approximate surface area is 171 Å². The van der Waals surface area contributed by atoms with Crippen LogP contribution < -0.4 is 4.74 Å². The molecular formula is C24H26N2O3. The summed E-state index contributed by atoms with van der Waals surface area (Å²) in [5, 5.41) is 0.994.